The first-order valence-electron chi connectivity index (χ1n) is 7.73. The van der Waals surface area contributed by atoms with Crippen molar-refractivity contribution in [2.45, 2.75) is 61.8 Å². The Morgan fingerprint density at radius 1 is 0.793 bits per heavy atom. The molecule has 0 aliphatic carbocycles. The normalized spacial score (nSPS) is 16.2. The Hall–Kier alpha value is -0.743. The largest absolute Gasteiger partial charge is 0.500 e. The molecule has 0 bridgehead atoms. The molecule has 0 amide bonds. The lowest BCUT2D eigenvalue weighted by Gasteiger charge is -2.38. The maximum absolute atomic E-state index is 13.8. The molecule has 1 unspecified atom stereocenters. The molecule has 1 atom stereocenters. The van der Waals surface area contributed by atoms with Crippen LogP contribution < -0.4 is 0 Å². The minimum Gasteiger partial charge on any atom is -0.377 e. The lowest BCUT2D eigenvalue weighted by Crippen LogP contribution is -2.66. The van der Waals surface area contributed by atoms with Crippen LogP contribution in [0, 0.1) is 0 Å². The van der Waals surface area contributed by atoms with Gasteiger partial charge in [0.25, 0.3) is 0 Å². The van der Waals surface area contributed by atoms with E-state index in [1.54, 1.807) is 0 Å². The van der Waals surface area contributed by atoms with Gasteiger partial charge in [0.2, 0.25) is 0 Å². The van der Waals surface area contributed by atoms with Gasteiger partial charge in [0, 0.05) is 20.3 Å². The van der Waals surface area contributed by atoms with Crippen molar-refractivity contribution in [2.24, 2.45) is 0 Å². The van der Waals surface area contributed by atoms with E-state index >= 15 is 0 Å². The predicted molar refractivity (Wildman–Crippen MR) is 76.2 cm³/mol. The van der Waals surface area contributed by atoms with Crippen LogP contribution in [0.4, 0.5) is 52.7 Å². The maximum Gasteiger partial charge on any atom is 0.500 e. The van der Waals surface area contributed by atoms with Crippen molar-refractivity contribution >= 4 is 8.80 Å². The molecule has 176 valence electrons. The van der Waals surface area contributed by atoms with Crippen molar-refractivity contribution in [3.8, 4) is 0 Å². The molecule has 29 heavy (non-hydrogen) atoms. The zero-order valence-corrected chi connectivity index (χ0v) is 16.2. The molecule has 0 N–H and O–H groups in total. The van der Waals surface area contributed by atoms with Crippen molar-refractivity contribution in [3.05, 3.63) is 0 Å². The summed E-state index contributed by atoms with van der Waals surface area (Å²) >= 11 is 0. The lowest BCUT2D eigenvalue weighted by molar-refractivity contribution is -0.381. The molecule has 0 aromatic rings. The summed E-state index contributed by atoms with van der Waals surface area (Å²) in [5.74, 6) is -27.0. The third kappa shape index (κ3) is 5.91. The highest BCUT2D eigenvalue weighted by Crippen LogP contribution is 2.55. The van der Waals surface area contributed by atoms with Crippen LogP contribution in [-0.2, 0) is 13.3 Å². The first-order chi connectivity index (χ1) is 12.8. The van der Waals surface area contributed by atoms with Crippen LogP contribution in [0.25, 0.3) is 0 Å². The van der Waals surface area contributed by atoms with Gasteiger partial charge < -0.3 is 13.3 Å². The monoisotopic (exact) mass is 478 g/mol. The van der Waals surface area contributed by atoms with E-state index in [2.05, 4.69) is 13.3 Å². The summed E-state index contributed by atoms with van der Waals surface area (Å²) in [5.41, 5.74) is 0. The number of alkyl halides is 12. The van der Waals surface area contributed by atoms with Gasteiger partial charge in [-0.3, -0.25) is 0 Å². The van der Waals surface area contributed by atoms with Gasteiger partial charge in [0.1, 0.15) is 6.61 Å². The van der Waals surface area contributed by atoms with E-state index in [0.29, 0.717) is 0 Å². The van der Waals surface area contributed by atoms with Gasteiger partial charge in [-0.1, -0.05) is 13.3 Å². The highest BCUT2D eigenvalue weighted by Gasteiger charge is 2.82. The summed E-state index contributed by atoms with van der Waals surface area (Å²) in [7, 11) is -2.32. The zero-order valence-electron chi connectivity index (χ0n) is 15.2. The fraction of sp³-hybridized carbons (Fsp3) is 1.00. The molecule has 0 radical (unpaired) electrons. The van der Waals surface area contributed by atoms with E-state index in [1.165, 1.54) is 6.92 Å². The van der Waals surface area contributed by atoms with Crippen molar-refractivity contribution in [2.75, 3.05) is 20.8 Å². The van der Waals surface area contributed by atoms with Crippen molar-refractivity contribution in [3.63, 3.8) is 0 Å². The van der Waals surface area contributed by atoms with Gasteiger partial charge in [0.05, 0.1) is 6.42 Å². The van der Waals surface area contributed by atoms with Gasteiger partial charge >= 0.3 is 38.7 Å². The van der Waals surface area contributed by atoms with Crippen molar-refractivity contribution < 1.29 is 66.0 Å². The second kappa shape index (κ2) is 9.17. The molecule has 0 aliphatic rings. The van der Waals surface area contributed by atoms with Gasteiger partial charge in [-0.25, -0.2) is 4.39 Å². The van der Waals surface area contributed by atoms with Gasteiger partial charge in [-0.05, 0) is 0 Å². The molecule has 0 spiro atoms. The maximum atomic E-state index is 13.8. The smallest absolute Gasteiger partial charge is 0.377 e. The Kier molecular flexibility index (Phi) is 8.94. The minimum atomic E-state index is -7.20. The van der Waals surface area contributed by atoms with Crippen molar-refractivity contribution in [1.29, 1.82) is 0 Å². The van der Waals surface area contributed by atoms with Gasteiger partial charge in [-0.15, -0.1) is 0 Å². The molecule has 0 aromatic carbocycles. The van der Waals surface area contributed by atoms with Gasteiger partial charge in [0.15, 0.2) is 6.17 Å². The van der Waals surface area contributed by atoms with Crippen LogP contribution in [0.3, 0.4) is 0 Å². The number of hydrogen-bond acceptors (Lipinski definition) is 3. The van der Waals surface area contributed by atoms with Crippen molar-refractivity contribution in [1.82, 2.24) is 0 Å². The topological polar surface area (TPSA) is 27.7 Å². The number of halogens is 12. The Balaban J connectivity index is 5.79. The third-order valence-electron chi connectivity index (χ3n) is 3.73. The standard InChI is InChI=1S/C13H18F12O3Si/c1-4-5-29(26-2,27-3)28-7-9(15,16)12(22,23)13(24,25)11(20,21)8(14)6-10(17,18)19/h8H,4-7H2,1-3H3. The Morgan fingerprint density at radius 3 is 1.59 bits per heavy atom. The summed E-state index contributed by atoms with van der Waals surface area (Å²) in [4.78, 5) is 0. The fourth-order valence-electron chi connectivity index (χ4n) is 2.04. The van der Waals surface area contributed by atoms with Crippen LogP contribution in [-0.4, -0.2) is 65.7 Å². The second-order valence-corrected chi connectivity index (χ2v) is 8.86. The van der Waals surface area contributed by atoms with E-state index in [0.717, 1.165) is 14.2 Å². The Morgan fingerprint density at radius 2 is 1.24 bits per heavy atom. The van der Waals surface area contributed by atoms with E-state index < -0.39 is 57.9 Å². The molecule has 0 aliphatic heterocycles. The molecule has 3 nitrogen and oxygen atoms in total. The Bertz CT molecular complexity index is 522. The summed E-state index contributed by atoms with van der Waals surface area (Å²) in [6.45, 7) is -1.14. The molecule has 0 aromatic heterocycles. The summed E-state index contributed by atoms with van der Waals surface area (Å²) in [5, 5.41) is 0. The number of rotatable bonds is 12. The molecule has 0 saturated heterocycles. The molecule has 16 heteroatoms. The lowest BCUT2D eigenvalue weighted by atomic mass is 9.94. The molecule has 0 heterocycles. The number of hydrogen-bond donors (Lipinski definition) is 0. The van der Waals surface area contributed by atoms with E-state index in [4.69, 9.17) is 0 Å². The molecule has 0 fully saturated rings. The van der Waals surface area contributed by atoms with Crippen LogP contribution >= 0.6 is 0 Å². The quantitative estimate of drug-likeness (QED) is 0.275. The predicted octanol–water partition coefficient (Wildman–Crippen LogP) is 5.48. The molecule has 0 rings (SSSR count). The summed E-state index contributed by atoms with van der Waals surface area (Å²) in [6.07, 6.45) is -13.8. The van der Waals surface area contributed by atoms with Crippen LogP contribution in [0.2, 0.25) is 6.04 Å². The van der Waals surface area contributed by atoms with E-state index in [1.807, 2.05) is 0 Å². The minimum absolute atomic E-state index is 0.144. The molecule has 0 saturated carbocycles. The zero-order chi connectivity index (χ0) is 23.5. The molecular formula is C13H18F12O3Si. The van der Waals surface area contributed by atoms with Crippen LogP contribution in [0.15, 0.2) is 0 Å². The average Bonchev–Trinajstić information content (AvgIpc) is 2.56. The summed E-state index contributed by atoms with van der Waals surface area (Å²) < 4.78 is 171. The van der Waals surface area contributed by atoms with Crippen LogP contribution in [0.5, 0.6) is 0 Å². The first-order valence-corrected chi connectivity index (χ1v) is 9.66. The summed E-state index contributed by atoms with van der Waals surface area (Å²) in [6, 6.07) is -0.244. The Labute approximate surface area is 158 Å². The highest BCUT2D eigenvalue weighted by atomic mass is 28.4. The fourth-order valence-corrected chi connectivity index (χ4v) is 4.01. The first kappa shape index (κ1) is 28.3. The third-order valence-corrected chi connectivity index (χ3v) is 6.67. The average molecular weight is 478 g/mol. The highest BCUT2D eigenvalue weighted by molar-refractivity contribution is 6.60. The van der Waals surface area contributed by atoms with E-state index in [-0.39, 0.29) is 12.5 Å². The van der Waals surface area contributed by atoms with Gasteiger partial charge in [-0.2, -0.15) is 48.3 Å². The second-order valence-electron chi connectivity index (χ2n) is 5.89. The SMILES string of the molecule is CCC[Si](OC)(OC)OCC(F)(F)C(F)(F)C(F)(F)C(F)(F)C(F)CC(F)(F)F. The molecular weight excluding hydrogens is 460 g/mol. The van der Waals surface area contributed by atoms with E-state index in [9.17, 15) is 52.7 Å². The van der Waals surface area contributed by atoms with Crippen LogP contribution in [0.1, 0.15) is 19.8 Å².